The van der Waals surface area contributed by atoms with E-state index in [4.69, 9.17) is 30.2 Å². The van der Waals surface area contributed by atoms with Crippen molar-refractivity contribution in [3.05, 3.63) is 58.8 Å². The highest BCUT2D eigenvalue weighted by Gasteiger charge is 2.13. The third-order valence-electron chi connectivity index (χ3n) is 3.85. The van der Waals surface area contributed by atoms with Crippen LogP contribution in [0, 0.1) is 0 Å². The second-order valence-corrected chi connectivity index (χ2v) is 5.83. The molecule has 0 fully saturated rings. The first-order valence-electron chi connectivity index (χ1n) is 7.78. The minimum Gasteiger partial charge on any atom is -0.493 e. The van der Waals surface area contributed by atoms with E-state index in [9.17, 15) is 4.79 Å². The predicted molar refractivity (Wildman–Crippen MR) is 101 cm³/mol. The van der Waals surface area contributed by atoms with Crippen LogP contribution in [0.2, 0.25) is 5.02 Å². The van der Waals surface area contributed by atoms with E-state index in [2.05, 4.69) is 0 Å². The van der Waals surface area contributed by atoms with Gasteiger partial charge in [0.2, 0.25) is 5.78 Å². The number of carbonyl (C=O) groups excluding carboxylic acids is 1. The highest BCUT2D eigenvalue weighted by molar-refractivity contribution is 6.32. The number of hydrogen-bond acceptors (Lipinski definition) is 5. The van der Waals surface area contributed by atoms with Crippen molar-refractivity contribution in [1.82, 2.24) is 0 Å². The molecule has 0 unspecified atom stereocenters. The van der Waals surface area contributed by atoms with Crippen molar-refractivity contribution < 1.29 is 23.4 Å². The van der Waals surface area contributed by atoms with Gasteiger partial charge in [-0.15, -0.1) is 0 Å². The lowest BCUT2D eigenvalue weighted by molar-refractivity contribution is 0.102. The molecule has 0 N–H and O–H groups in total. The molecule has 0 spiro atoms. The molecule has 0 saturated heterocycles. The monoisotopic (exact) mass is 372 g/mol. The zero-order valence-corrected chi connectivity index (χ0v) is 15.3. The number of hydrogen-bond donors (Lipinski definition) is 0. The van der Waals surface area contributed by atoms with Gasteiger partial charge in [-0.25, -0.2) is 0 Å². The van der Waals surface area contributed by atoms with Crippen LogP contribution in [-0.2, 0) is 0 Å². The van der Waals surface area contributed by atoms with E-state index < -0.39 is 0 Å². The Kier molecular flexibility index (Phi) is 5.19. The van der Waals surface area contributed by atoms with Gasteiger partial charge in [0.1, 0.15) is 0 Å². The van der Waals surface area contributed by atoms with E-state index >= 15 is 0 Å². The van der Waals surface area contributed by atoms with Crippen molar-refractivity contribution in [2.45, 2.75) is 0 Å². The largest absolute Gasteiger partial charge is 0.493 e. The number of carbonyl (C=O) groups is 1. The van der Waals surface area contributed by atoms with Crippen molar-refractivity contribution in [3.63, 3.8) is 0 Å². The second-order valence-electron chi connectivity index (χ2n) is 5.43. The van der Waals surface area contributed by atoms with Crippen LogP contribution in [0.1, 0.15) is 16.1 Å². The number of benzene rings is 2. The fourth-order valence-corrected chi connectivity index (χ4v) is 2.90. The van der Waals surface area contributed by atoms with Crippen LogP contribution in [0.25, 0.3) is 17.0 Å². The molecule has 0 aliphatic carbocycles. The standard InChI is InChI=1S/C20H17ClO5/c1-23-16-6-4-5-13-11-17(26-19(13)16)15(22)8-7-12-9-14(21)20(25-3)18(10-12)24-2/h4-11H,1-3H3/b8-7+. The van der Waals surface area contributed by atoms with Crippen molar-refractivity contribution in [2.24, 2.45) is 0 Å². The fourth-order valence-electron chi connectivity index (χ4n) is 2.61. The van der Waals surface area contributed by atoms with E-state index in [0.29, 0.717) is 33.4 Å². The zero-order chi connectivity index (χ0) is 18.7. The molecular formula is C20H17ClO5. The van der Waals surface area contributed by atoms with Gasteiger partial charge >= 0.3 is 0 Å². The molecule has 0 radical (unpaired) electrons. The van der Waals surface area contributed by atoms with E-state index in [1.165, 1.54) is 20.3 Å². The summed E-state index contributed by atoms with van der Waals surface area (Å²) < 4.78 is 21.3. The third kappa shape index (κ3) is 3.39. The minimum atomic E-state index is -0.269. The molecule has 6 heteroatoms. The van der Waals surface area contributed by atoms with Crippen LogP contribution in [0.3, 0.4) is 0 Å². The number of para-hydroxylation sites is 1. The van der Waals surface area contributed by atoms with Gasteiger partial charge in [0, 0.05) is 5.39 Å². The summed E-state index contributed by atoms with van der Waals surface area (Å²) in [6.45, 7) is 0. The number of furan rings is 1. The van der Waals surface area contributed by atoms with E-state index in [0.717, 1.165) is 5.39 Å². The minimum absolute atomic E-state index is 0.229. The molecule has 0 aliphatic heterocycles. The van der Waals surface area contributed by atoms with E-state index in [-0.39, 0.29) is 11.5 Å². The Hall–Kier alpha value is -2.92. The highest BCUT2D eigenvalue weighted by Crippen LogP contribution is 2.36. The molecule has 0 bridgehead atoms. The van der Waals surface area contributed by atoms with Gasteiger partial charge in [0.25, 0.3) is 0 Å². The summed E-state index contributed by atoms with van der Waals surface area (Å²) in [5.41, 5.74) is 1.25. The van der Waals surface area contributed by atoms with Gasteiger partial charge in [-0.3, -0.25) is 4.79 Å². The molecule has 3 rings (SSSR count). The highest BCUT2D eigenvalue weighted by atomic mass is 35.5. The first-order chi connectivity index (χ1) is 12.6. The van der Waals surface area contributed by atoms with Gasteiger partial charge in [-0.05, 0) is 35.9 Å². The number of allylic oxidation sites excluding steroid dienone is 1. The molecule has 3 aromatic rings. The second kappa shape index (κ2) is 7.54. The summed E-state index contributed by atoms with van der Waals surface area (Å²) in [5.74, 6) is 1.47. The smallest absolute Gasteiger partial charge is 0.221 e. The summed E-state index contributed by atoms with van der Waals surface area (Å²) in [7, 11) is 4.59. The van der Waals surface area contributed by atoms with Gasteiger partial charge < -0.3 is 18.6 Å². The molecule has 26 heavy (non-hydrogen) atoms. The Balaban J connectivity index is 1.89. The van der Waals surface area contributed by atoms with Crippen molar-refractivity contribution in [1.29, 1.82) is 0 Å². The SMILES string of the molecule is COc1cc(/C=C/C(=O)c2cc3cccc(OC)c3o2)cc(Cl)c1OC. The molecule has 0 saturated carbocycles. The van der Waals surface area contributed by atoms with Crippen LogP contribution in [0.4, 0.5) is 0 Å². The number of fused-ring (bicyclic) bond motifs is 1. The zero-order valence-electron chi connectivity index (χ0n) is 14.5. The van der Waals surface area contributed by atoms with E-state index in [1.807, 2.05) is 12.1 Å². The number of methoxy groups -OCH3 is 3. The van der Waals surface area contributed by atoms with Gasteiger partial charge in [0.05, 0.1) is 26.4 Å². The first-order valence-corrected chi connectivity index (χ1v) is 8.15. The molecule has 1 heterocycles. The topological polar surface area (TPSA) is 57.9 Å². The summed E-state index contributed by atoms with van der Waals surface area (Å²) in [6.07, 6.45) is 3.06. The van der Waals surface area contributed by atoms with Crippen molar-refractivity contribution in [3.8, 4) is 17.2 Å². The third-order valence-corrected chi connectivity index (χ3v) is 4.13. The molecular weight excluding hydrogens is 356 g/mol. The van der Waals surface area contributed by atoms with Crippen LogP contribution < -0.4 is 14.2 Å². The molecule has 0 aliphatic rings. The summed E-state index contributed by atoms with van der Waals surface area (Å²) in [4.78, 5) is 12.4. The maximum absolute atomic E-state index is 12.4. The lowest BCUT2D eigenvalue weighted by Crippen LogP contribution is -1.93. The lowest BCUT2D eigenvalue weighted by atomic mass is 10.1. The van der Waals surface area contributed by atoms with Gasteiger partial charge in [-0.1, -0.05) is 29.8 Å². The Morgan fingerprint density at radius 2 is 1.81 bits per heavy atom. The Morgan fingerprint density at radius 3 is 2.50 bits per heavy atom. The van der Waals surface area contributed by atoms with Crippen molar-refractivity contribution >= 4 is 34.4 Å². The normalized spacial score (nSPS) is 11.1. The van der Waals surface area contributed by atoms with Crippen LogP contribution in [0.5, 0.6) is 17.2 Å². The van der Waals surface area contributed by atoms with Gasteiger partial charge in [0.15, 0.2) is 28.6 Å². The maximum atomic E-state index is 12.4. The molecule has 1 aromatic heterocycles. The molecule has 5 nitrogen and oxygen atoms in total. The van der Waals surface area contributed by atoms with E-state index in [1.54, 1.807) is 37.5 Å². The number of ether oxygens (including phenoxy) is 3. The summed E-state index contributed by atoms with van der Waals surface area (Å²) in [5, 5.41) is 1.20. The first kappa shape index (κ1) is 17.9. The fraction of sp³-hybridized carbons (Fsp3) is 0.150. The average molecular weight is 373 g/mol. The number of rotatable bonds is 6. The Bertz CT molecular complexity index is 987. The molecule has 134 valence electrons. The number of ketones is 1. The van der Waals surface area contributed by atoms with Crippen molar-refractivity contribution in [2.75, 3.05) is 21.3 Å². The van der Waals surface area contributed by atoms with Crippen LogP contribution in [0.15, 0.2) is 46.9 Å². The Labute approximate surface area is 155 Å². The molecule has 0 amide bonds. The quantitative estimate of drug-likeness (QED) is 0.449. The average Bonchev–Trinajstić information content (AvgIpc) is 3.09. The van der Waals surface area contributed by atoms with Crippen LogP contribution >= 0.6 is 11.6 Å². The summed E-state index contributed by atoms with van der Waals surface area (Å²) >= 11 is 6.18. The number of halogens is 1. The predicted octanol–water partition coefficient (Wildman–Crippen LogP) is 5.01. The summed E-state index contributed by atoms with van der Waals surface area (Å²) in [6, 6.07) is 10.6. The van der Waals surface area contributed by atoms with Gasteiger partial charge in [-0.2, -0.15) is 0 Å². The molecule has 0 atom stereocenters. The van der Waals surface area contributed by atoms with Crippen LogP contribution in [-0.4, -0.2) is 27.1 Å². The lowest BCUT2D eigenvalue weighted by Gasteiger charge is -2.10. The molecule has 2 aromatic carbocycles. The Morgan fingerprint density at radius 1 is 1.04 bits per heavy atom. The maximum Gasteiger partial charge on any atom is 0.221 e.